The van der Waals surface area contributed by atoms with E-state index in [9.17, 15) is 18.3 Å². The lowest BCUT2D eigenvalue weighted by Gasteiger charge is -2.06. The summed E-state index contributed by atoms with van der Waals surface area (Å²) in [4.78, 5) is 7.55. The van der Waals surface area contributed by atoms with Crippen LogP contribution in [0.1, 0.15) is 5.82 Å². The van der Waals surface area contributed by atoms with Gasteiger partial charge in [-0.25, -0.2) is 14.6 Å². The summed E-state index contributed by atoms with van der Waals surface area (Å²) in [5.41, 5.74) is 0.661. The van der Waals surface area contributed by atoms with E-state index in [4.69, 9.17) is 4.74 Å². The summed E-state index contributed by atoms with van der Waals surface area (Å²) in [6, 6.07) is 8.64. The minimum Gasteiger partial charge on any atom is -0.508 e. The number of halogens is 3. The number of ether oxygens (including phenoxy) is 1. The normalized spacial score (nSPS) is 11.5. The molecule has 0 spiro atoms. The van der Waals surface area contributed by atoms with Crippen LogP contribution in [-0.4, -0.2) is 32.0 Å². The fourth-order valence-corrected chi connectivity index (χ4v) is 2.03. The Bertz CT molecular complexity index is 843. The fraction of sp³-hybridized carbons (Fsp3) is 0.133. The van der Waals surface area contributed by atoms with E-state index in [1.54, 1.807) is 0 Å². The highest BCUT2D eigenvalue weighted by molar-refractivity contribution is 5.59. The number of benzene rings is 1. The number of alkyl halides is 3. The van der Waals surface area contributed by atoms with Crippen LogP contribution in [-0.2, 0) is 6.18 Å². The minimum absolute atomic E-state index is 0.00743. The molecule has 9 heteroatoms. The van der Waals surface area contributed by atoms with Gasteiger partial charge >= 0.3 is 6.18 Å². The molecule has 2 heterocycles. The Morgan fingerprint density at radius 3 is 2.33 bits per heavy atom. The summed E-state index contributed by atoms with van der Waals surface area (Å²) in [6.07, 6.45) is -3.35. The molecule has 0 saturated heterocycles. The number of methoxy groups -OCH3 is 1. The number of hydrogen-bond donors (Lipinski definition) is 1. The number of phenolic OH excluding ortho intramolecular Hbond substituents is 1. The molecular formula is C15H11F3N4O2. The lowest BCUT2D eigenvalue weighted by atomic mass is 10.2. The Hall–Kier alpha value is -3.10. The second kappa shape index (κ2) is 5.84. The van der Waals surface area contributed by atoms with E-state index >= 15 is 0 Å². The molecule has 3 aromatic rings. The van der Waals surface area contributed by atoms with Crippen molar-refractivity contribution in [3.63, 3.8) is 0 Å². The van der Waals surface area contributed by atoms with Crippen molar-refractivity contribution in [2.45, 2.75) is 6.18 Å². The quantitative estimate of drug-likeness (QED) is 0.796. The van der Waals surface area contributed by atoms with Gasteiger partial charge in [-0.05, 0) is 30.3 Å². The maximum Gasteiger partial charge on any atom is 0.453 e. The zero-order valence-corrected chi connectivity index (χ0v) is 12.3. The van der Waals surface area contributed by atoms with Gasteiger partial charge in [-0.2, -0.15) is 13.2 Å². The van der Waals surface area contributed by atoms with Crippen LogP contribution in [0.25, 0.3) is 17.1 Å². The molecule has 0 fully saturated rings. The lowest BCUT2D eigenvalue weighted by molar-refractivity contribution is -0.144. The second-order valence-corrected chi connectivity index (χ2v) is 4.77. The third kappa shape index (κ3) is 3.00. The Balaban J connectivity index is 2.15. The first-order valence-electron chi connectivity index (χ1n) is 6.72. The topological polar surface area (TPSA) is 73.1 Å². The number of rotatable bonds is 3. The van der Waals surface area contributed by atoms with E-state index < -0.39 is 12.0 Å². The highest BCUT2D eigenvalue weighted by Crippen LogP contribution is 2.30. The van der Waals surface area contributed by atoms with Crippen LogP contribution in [0, 0.1) is 0 Å². The van der Waals surface area contributed by atoms with Gasteiger partial charge in [-0.3, -0.25) is 0 Å². The number of aromatic hydroxyl groups is 1. The Morgan fingerprint density at radius 2 is 1.79 bits per heavy atom. The van der Waals surface area contributed by atoms with Crippen LogP contribution in [0.5, 0.6) is 11.6 Å². The van der Waals surface area contributed by atoms with Crippen LogP contribution >= 0.6 is 0 Å². The van der Waals surface area contributed by atoms with Gasteiger partial charge in [0, 0.05) is 11.6 Å². The van der Waals surface area contributed by atoms with Crippen LogP contribution in [0.15, 0.2) is 42.6 Å². The van der Waals surface area contributed by atoms with Gasteiger partial charge in [0.1, 0.15) is 5.75 Å². The van der Waals surface area contributed by atoms with Crippen LogP contribution in [0.2, 0.25) is 0 Å². The molecule has 6 nitrogen and oxygen atoms in total. The molecule has 0 saturated carbocycles. The van der Waals surface area contributed by atoms with Crippen molar-refractivity contribution in [2.24, 2.45) is 0 Å². The number of phenols is 1. The third-order valence-corrected chi connectivity index (χ3v) is 3.16. The Labute approximate surface area is 134 Å². The summed E-state index contributed by atoms with van der Waals surface area (Å²) in [5.74, 6) is -0.969. The molecule has 0 aliphatic heterocycles. The molecule has 1 aromatic carbocycles. The van der Waals surface area contributed by atoms with Crippen molar-refractivity contribution in [3.8, 4) is 28.7 Å². The summed E-state index contributed by atoms with van der Waals surface area (Å²) < 4.78 is 44.9. The fourth-order valence-electron chi connectivity index (χ4n) is 2.03. The SMILES string of the molecule is COc1ccc(-n2nc(C(F)(F)F)nc2-c2ccc(O)cc2)cn1. The first-order valence-corrected chi connectivity index (χ1v) is 6.72. The lowest BCUT2D eigenvalue weighted by Crippen LogP contribution is -2.08. The maximum absolute atomic E-state index is 13.0. The van der Waals surface area contributed by atoms with E-state index in [1.165, 1.54) is 49.7 Å². The molecule has 0 atom stereocenters. The van der Waals surface area contributed by atoms with Gasteiger partial charge in [0.25, 0.3) is 5.82 Å². The maximum atomic E-state index is 13.0. The average molecular weight is 336 g/mol. The standard InChI is InChI=1S/C15H11F3N4O2/c1-24-12-7-4-10(8-19-12)22-13(9-2-5-11(23)6-3-9)20-14(21-22)15(16,17)18/h2-8,23H,1H3. The van der Waals surface area contributed by atoms with Crippen molar-refractivity contribution in [1.29, 1.82) is 0 Å². The van der Waals surface area contributed by atoms with Crippen molar-refractivity contribution >= 4 is 0 Å². The average Bonchev–Trinajstić information content (AvgIpc) is 3.01. The van der Waals surface area contributed by atoms with Crippen molar-refractivity contribution in [3.05, 3.63) is 48.4 Å². The molecule has 3 rings (SSSR count). The van der Waals surface area contributed by atoms with E-state index in [0.717, 1.165) is 4.68 Å². The van der Waals surface area contributed by atoms with Gasteiger partial charge in [0.05, 0.1) is 19.0 Å². The first-order chi connectivity index (χ1) is 11.4. The summed E-state index contributed by atoms with van der Waals surface area (Å²) >= 11 is 0. The van der Waals surface area contributed by atoms with Crippen LogP contribution < -0.4 is 4.74 Å². The highest BCUT2D eigenvalue weighted by atomic mass is 19.4. The number of hydrogen-bond acceptors (Lipinski definition) is 5. The molecule has 0 amide bonds. The van der Waals surface area contributed by atoms with E-state index in [1.807, 2.05) is 0 Å². The molecular weight excluding hydrogens is 325 g/mol. The molecule has 1 N–H and O–H groups in total. The summed E-state index contributed by atoms with van der Waals surface area (Å²) in [7, 11) is 1.43. The minimum atomic E-state index is -4.68. The van der Waals surface area contributed by atoms with Crippen LogP contribution in [0.3, 0.4) is 0 Å². The Kier molecular flexibility index (Phi) is 3.84. The van der Waals surface area contributed by atoms with Gasteiger partial charge in [-0.1, -0.05) is 0 Å². The molecule has 2 aromatic heterocycles. The number of pyridine rings is 1. The largest absolute Gasteiger partial charge is 0.508 e. The van der Waals surface area contributed by atoms with Crippen LogP contribution in [0.4, 0.5) is 13.2 Å². The number of nitrogens with zero attached hydrogens (tertiary/aromatic N) is 4. The van der Waals surface area contributed by atoms with E-state index in [0.29, 0.717) is 17.1 Å². The van der Waals surface area contributed by atoms with Gasteiger partial charge in [-0.15, -0.1) is 5.10 Å². The predicted molar refractivity (Wildman–Crippen MR) is 77.8 cm³/mol. The second-order valence-electron chi connectivity index (χ2n) is 4.77. The molecule has 24 heavy (non-hydrogen) atoms. The zero-order chi connectivity index (χ0) is 17.3. The highest BCUT2D eigenvalue weighted by Gasteiger charge is 2.37. The smallest absolute Gasteiger partial charge is 0.453 e. The van der Waals surface area contributed by atoms with Crippen molar-refractivity contribution in [1.82, 2.24) is 19.7 Å². The molecule has 0 radical (unpaired) electrons. The predicted octanol–water partition coefficient (Wildman–Crippen LogP) is 3.06. The van der Waals surface area contributed by atoms with Gasteiger partial charge in [0.15, 0.2) is 5.82 Å². The van der Waals surface area contributed by atoms with Gasteiger partial charge in [0.2, 0.25) is 5.88 Å². The molecule has 0 aliphatic carbocycles. The molecule has 0 bridgehead atoms. The van der Waals surface area contributed by atoms with Gasteiger partial charge < -0.3 is 9.84 Å². The summed E-state index contributed by atoms with van der Waals surface area (Å²) in [5, 5.41) is 12.9. The van der Waals surface area contributed by atoms with Crippen molar-refractivity contribution < 1.29 is 23.0 Å². The number of aromatic nitrogens is 4. The Morgan fingerprint density at radius 1 is 1.08 bits per heavy atom. The first kappa shape index (κ1) is 15.8. The zero-order valence-electron chi connectivity index (χ0n) is 12.3. The van der Waals surface area contributed by atoms with Crippen molar-refractivity contribution in [2.75, 3.05) is 7.11 Å². The van der Waals surface area contributed by atoms with E-state index in [-0.39, 0.29) is 11.6 Å². The summed E-state index contributed by atoms with van der Waals surface area (Å²) in [6.45, 7) is 0. The van der Waals surface area contributed by atoms with E-state index in [2.05, 4.69) is 15.1 Å². The monoisotopic (exact) mass is 336 g/mol. The molecule has 0 unspecified atom stereocenters. The molecule has 0 aliphatic rings. The molecule has 124 valence electrons. The third-order valence-electron chi connectivity index (χ3n) is 3.16.